The molecule has 0 saturated carbocycles. The first-order chi connectivity index (χ1) is 39.6. The summed E-state index contributed by atoms with van der Waals surface area (Å²) in [5, 5.41) is 12.6. The summed E-state index contributed by atoms with van der Waals surface area (Å²) in [6, 6.07) is 8.03. The molecule has 22 nitrogen and oxygen atoms in total. The summed E-state index contributed by atoms with van der Waals surface area (Å²) in [4.78, 5) is 150. The van der Waals surface area contributed by atoms with Crippen LogP contribution in [0.1, 0.15) is 107 Å². The van der Waals surface area contributed by atoms with Crippen molar-refractivity contribution in [3.63, 3.8) is 0 Å². The van der Waals surface area contributed by atoms with E-state index in [2.05, 4.69) is 16.0 Å². The van der Waals surface area contributed by atoms with E-state index in [0.29, 0.717) is 43.8 Å². The van der Waals surface area contributed by atoms with Gasteiger partial charge in [-0.1, -0.05) is 70.5 Å². The van der Waals surface area contributed by atoms with E-state index in [0.717, 1.165) is 26.0 Å². The first kappa shape index (κ1) is 65.6. The molecule has 0 radical (unpaired) electrons. The minimum atomic E-state index is -1.15. The predicted octanol–water partition coefficient (Wildman–Crippen LogP) is 3.48. The molecule has 452 valence electrons. The van der Waals surface area contributed by atoms with Crippen molar-refractivity contribution in [2.75, 3.05) is 72.7 Å². The van der Waals surface area contributed by atoms with Crippen LogP contribution in [0.5, 0.6) is 0 Å². The Kier molecular flexibility index (Phi) is 24.8. The zero-order chi connectivity index (χ0) is 60.5. The third kappa shape index (κ3) is 18.5. The molecule has 2 saturated heterocycles. The third-order valence-corrected chi connectivity index (χ3v) is 18.5. The molecule has 6 rings (SSSR count). The lowest BCUT2D eigenvalue weighted by Crippen LogP contribution is -2.59. The zero-order valence-electron chi connectivity index (χ0n) is 48.8. The number of ether oxygens (including phenoxy) is 1. The van der Waals surface area contributed by atoms with E-state index < -0.39 is 71.8 Å². The monoisotopic (exact) mass is 1200 g/mol. The molecule has 0 aliphatic carbocycles. The van der Waals surface area contributed by atoms with Crippen LogP contribution in [0.15, 0.2) is 69.6 Å². The Hall–Kier alpha value is -6.54. The van der Waals surface area contributed by atoms with Crippen molar-refractivity contribution < 1.29 is 52.7 Å². The number of piperazine rings is 1. The molecule has 2 fully saturated rings. The number of hydrogen-bond acceptors (Lipinski definition) is 17. The Morgan fingerprint density at radius 1 is 0.843 bits per heavy atom. The van der Waals surface area contributed by atoms with E-state index in [9.17, 15) is 47.9 Å². The van der Waals surface area contributed by atoms with Gasteiger partial charge in [0.15, 0.2) is 6.10 Å². The highest BCUT2D eigenvalue weighted by atomic mass is 32.2. The van der Waals surface area contributed by atoms with E-state index in [4.69, 9.17) is 15.5 Å². The standard InChI is InChI=1S/C58H81N11O11S3/c1-9-37(4)51(63-53(75)44-33-64(44)6)58(79)65(7)43(36(2)3)32-46(80-38(5)70)55-62-42(34-83-55)56(77)66(8)45(35-82-50-21-16-30-81-50)54(76)60-40(19-13-14-24-59)52(74)61-41(31-39-17-11-10-12-18-39)57(78)68-28-26-67(27-29-68)47(71)20-15-25-69-48(72)22-23-49(69)73/h10-12,16-18,21-23,30,34,36-37,40-41,43-46,51H,9,13-15,19-20,24-29,31-33,35,59H2,1-8H3,(H,60,76)(H,61,74)(H,63,75)/t37-,40+,41-,43+,44+,45-,46+,51-,64?/m0/s1. The van der Waals surface area contributed by atoms with E-state index in [1.54, 1.807) is 21.7 Å². The number of carbonyl (C=O) groups excluding carboxylic acids is 10. The maximum absolute atomic E-state index is 14.8. The van der Waals surface area contributed by atoms with Crippen molar-refractivity contribution >= 4 is 93.6 Å². The van der Waals surface area contributed by atoms with Gasteiger partial charge in [-0.3, -0.25) is 57.7 Å². The highest BCUT2D eigenvalue weighted by molar-refractivity contribution is 8.01. The number of nitrogens with two attached hydrogens (primary N) is 1. The number of aromatic nitrogens is 1. The average molecular weight is 1200 g/mol. The minimum absolute atomic E-state index is 0.0194. The summed E-state index contributed by atoms with van der Waals surface area (Å²) >= 11 is 3.92. The number of thiophene rings is 1. The lowest BCUT2D eigenvalue weighted by atomic mass is 9.93. The van der Waals surface area contributed by atoms with Crippen LogP contribution in [0.2, 0.25) is 0 Å². The van der Waals surface area contributed by atoms with Crippen molar-refractivity contribution in [1.29, 1.82) is 0 Å². The van der Waals surface area contributed by atoms with E-state index in [1.165, 1.54) is 59.5 Å². The molecule has 5 heterocycles. The topological polar surface area (TPSA) is 274 Å². The Balaban J connectivity index is 1.17. The number of likely N-dealkylation sites (N-methyl/N-ethyl adjacent to an activating group) is 3. The summed E-state index contributed by atoms with van der Waals surface area (Å²) < 4.78 is 6.76. The SMILES string of the molecule is CC[C@H](C)[C@H](NC(=O)[C@H]1CN1C)C(=O)N(C)[C@H](C[C@@H](OC(C)=O)c1nc(C(=O)N(C)[C@@H](CSc2cccs2)C(=O)N[C@H](CCCCN)C(=O)N[C@@H](Cc2ccccc2)C(=O)N2CCN(C(=O)CCCN3C(=O)C=CC3=O)CC2)cs1)C(C)C. The number of carbonyl (C=O) groups is 10. The molecule has 9 amide bonds. The van der Waals surface area contributed by atoms with Gasteiger partial charge < -0.3 is 46.0 Å². The number of nitrogens with one attached hydrogen (secondary N) is 3. The molecule has 83 heavy (non-hydrogen) atoms. The van der Waals surface area contributed by atoms with Crippen LogP contribution in [-0.2, 0) is 54.3 Å². The van der Waals surface area contributed by atoms with Crippen LogP contribution in [0, 0.1) is 11.8 Å². The molecular formula is C58H81N11O11S3. The average Bonchev–Trinajstić information content (AvgIpc) is 3.96. The van der Waals surface area contributed by atoms with E-state index in [1.807, 2.05) is 87.5 Å². The number of esters is 1. The molecule has 1 aromatic carbocycles. The number of thioether (sulfide) groups is 1. The number of benzene rings is 1. The summed E-state index contributed by atoms with van der Waals surface area (Å²) in [7, 11) is 5.00. The van der Waals surface area contributed by atoms with Gasteiger partial charge in [-0.25, -0.2) is 4.98 Å². The summed E-state index contributed by atoms with van der Waals surface area (Å²) in [5.74, 6) is -4.52. The van der Waals surface area contributed by atoms with Crippen molar-refractivity contribution in [3.8, 4) is 0 Å². The normalized spacial score (nSPS) is 18.4. The Labute approximate surface area is 498 Å². The molecule has 2 aromatic heterocycles. The quantitative estimate of drug-likeness (QED) is 0.0236. The van der Waals surface area contributed by atoms with E-state index >= 15 is 0 Å². The molecule has 25 heteroatoms. The van der Waals surface area contributed by atoms with Crippen molar-refractivity contribution in [2.45, 2.75) is 133 Å². The molecular weight excluding hydrogens is 1120 g/mol. The molecule has 0 bridgehead atoms. The number of unbranched alkanes of at least 4 members (excludes halogenated alkanes) is 1. The Bertz CT molecular complexity index is 2750. The number of hydrogen-bond donors (Lipinski definition) is 4. The predicted molar refractivity (Wildman–Crippen MR) is 317 cm³/mol. The highest BCUT2D eigenvalue weighted by Crippen LogP contribution is 2.32. The number of thiazole rings is 1. The van der Waals surface area contributed by atoms with Crippen LogP contribution in [0.25, 0.3) is 0 Å². The fourth-order valence-corrected chi connectivity index (χ4v) is 12.8. The molecule has 3 aliphatic rings. The van der Waals surface area contributed by atoms with Crippen LogP contribution in [0.3, 0.4) is 0 Å². The van der Waals surface area contributed by atoms with Gasteiger partial charge in [-0.15, -0.1) is 34.4 Å². The van der Waals surface area contributed by atoms with Gasteiger partial charge in [0, 0.05) is 109 Å². The number of nitrogens with zero attached hydrogens (tertiary/aromatic N) is 7. The van der Waals surface area contributed by atoms with E-state index in [-0.39, 0.29) is 111 Å². The van der Waals surface area contributed by atoms with Crippen LogP contribution < -0.4 is 21.7 Å². The fraction of sp³-hybridized carbons (Fsp3) is 0.569. The van der Waals surface area contributed by atoms with Gasteiger partial charge in [-0.2, -0.15) is 0 Å². The minimum Gasteiger partial charge on any atom is -0.455 e. The molecule has 0 spiro atoms. The second-order valence-electron chi connectivity index (χ2n) is 21.7. The summed E-state index contributed by atoms with van der Waals surface area (Å²) in [5.41, 5.74) is 6.65. The van der Waals surface area contributed by atoms with Gasteiger partial charge in [0.2, 0.25) is 35.4 Å². The first-order valence-corrected chi connectivity index (χ1v) is 31.1. The first-order valence-electron chi connectivity index (χ1n) is 28.4. The largest absolute Gasteiger partial charge is 0.455 e. The number of amides is 9. The van der Waals surface area contributed by atoms with Gasteiger partial charge in [0.1, 0.15) is 40.9 Å². The molecule has 1 unspecified atom stereocenters. The summed E-state index contributed by atoms with van der Waals surface area (Å²) in [6.45, 7) is 11.0. The number of imide groups is 1. The Morgan fingerprint density at radius 3 is 2.11 bits per heavy atom. The lowest BCUT2D eigenvalue weighted by molar-refractivity contribution is -0.149. The maximum atomic E-state index is 14.8. The molecule has 5 N–H and O–H groups in total. The highest BCUT2D eigenvalue weighted by Gasteiger charge is 2.42. The summed E-state index contributed by atoms with van der Waals surface area (Å²) in [6.07, 6.45) is 3.89. The molecule has 3 aliphatic heterocycles. The van der Waals surface area contributed by atoms with Crippen LogP contribution >= 0.6 is 34.4 Å². The molecule has 3 aromatic rings. The fourth-order valence-electron chi connectivity index (χ4n) is 9.99. The van der Waals surface area contributed by atoms with Crippen molar-refractivity contribution in [3.05, 3.63) is 81.6 Å². The second kappa shape index (κ2) is 31.4. The second-order valence-corrected chi connectivity index (χ2v) is 24.9. The van der Waals surface area contributed by atoms with Gasteiger partial charge in [0.25, 0.3) is 17.7 Å². The van der Waals surface area contributed by atoms with Crippen LogP contribution in [-0.4, -0.2) is 202 Å². The van der Waals surface area contributed by atoms with Gasteiger partial charge >= 0.3 is 5.97 Å². The molecule has 9 atom stereocenters. The number of rotatable bonds is 31. The van der Waals surface area contributed by atoms with Crippen molar-refractivity contribution in [1.82, 2.24) is 50.3 Å². The Morgan fingerprint density at radius 2 is 1.51 bits per heavy atom. The maximum Gasteiger partial charge on any atom is 0.303 e. The van der Waals surface area contributed by atoms with Crippen LogP contribution in [0.4, 0.5) is 0 Å². The van der Waals surface area contributed by atoms with Gasteiger partial charge in [0.05, 0.1) is 4.21 Å². The lowest BCUT2D eigenvalue weighted by Gasteiger charge is -2.37. The smallest absolute Gasteiger partial charge is 0.303 e. The third-order valence-electron chi connectivity index (χ3n) is 15.4. The van der Waals surface area contributed by atoms with Crippen molar-refractivity contribution in [2.24, 2.45) is 17.6 Å². The zero-order valence-corrected chi connectivity index (χ0v) is 51.2. The van der Waals surface area contributed by atoms with Gasteiger partial charge in [-0.05, 0) is 68.1 Å².